The summed E-state index contributed by atoms with van der Waals surface area (Å²) in [6.45, 7) is 4.16. The first kappa shape index (κ1) is 10.9. The number of carboxylic acids is 1. The number of hydrogen-bond acceptors (Lipinski definition) is 1. The predicted molar refractivity (Wildman–Crippen MR) is 64.5 cm³/mol. The fraction of sp³-hybridized carbons (Fsp3) is 0.357. The number of carboxylic acid groups (broad SMARTS) is 1. The summed E-state index contributed by atoms with van der Waals surface area (Å²) in [6, 6.07) is 4.28. The molecule has 1 aliphatic rings. The van der Waals surface area contributed by atoms with Gasteiger partial charge in [-0.2, -0.15) is 0 Å². The van der Waals surface area contributed by atoms with Crippen molar-refractivity contribution in [2.24, 2.45) is 0 Å². The van der Waals surface area contributed by atoms with Crippen LogP contribution >= 0.6 is 0 Å². The minimum atomic E-state index is -0.845. The number of allylic oxidation sites excluding steroid dienone is 1. The maximum atomic E-state index is 10.8. The van der Waals surface area contributed by atoms with Gasteiger partial charge in [0, 0.05) is 6.08 Å². The van der Waals surface area contributed by atoms with Gasteiger partial charge in [-0.3, -0.25) is 0 Å². The second kappa shape index (κ2) is 4.12. The number of rotatable bonds is 1. The first-order valence-corrected chi connectivity index (χ1v) is 5.62. The Kier molecular flexibility index (Phi) is 2.82. The molecule has 0 spiro atoms. The highest BCUT2D eigenvalue weighted by Crippen LogP contribution is 2.33. The molecule has 0 unspecified atom stereocenters. The monoisotopic (exact) mass is 216 g/mol. The van der Waals surface area contributed by atoms with Gasteiger partial charge in [-0.25, -0.2) is 4.79 Å². The van der Waals surface area contributed by atoms with Crippen LogP contribution in [-0.4, -0.2) is 11.1 Å². The second-order valence-electron chi connectivity index (χ2n) is 4.47. The van der Waals surface area contributed by atoms with Crippen molar-refractivity contribution in [3.05, 3.63) is 40.5 Å². The third-order valence-corrected chi connectivity index (χ3v) is 3.13. The van der Waals surface area contributed by atoms with E-state index in [0.717, 1.165) is 30.4 Å². The quantitative estimate of drug-likeness (QED) is 0.732. The molecule has 0 saturated heterocycles. The third-order valence-electron chi connectivity index (χ3n) is 3.13. The van der Waals surface area contributed by atoms with E-state index in [1.807, 2.05) is 0 Å². The van der Waals surface area contributed by atoms with Crippen LogP contribution in [0.4, 0.5) is 0 Å². The topological polar surface area (TPSA) is 37.3 Å². The van der Waals surface area contributed by atoms with Crippen LogP contribution in [-0.2, 0) is 11.2 Å². The van der Waals surface area contributed by atoms with Gasteiger partial charge in [0.25, 0.3) is 0 Å². The van der Waals surface area contributed by atoms with Crippen LogP contribution in [0.25, 0.3) is 5.57 Å². The zero-order valence-corrected chi connectivity index (χ0v) is 9.71. The lowest BCUT2D eigenvalue weighted by molar-refractivity contribution is -0.131. The van der Waals surface area contributed by atoms with Crippen molar-refractivity contribution in [3.8, 4) is 0 Å². The molecular weight excluding hydrogens is 200 g/mol. The lowest BCUT2D eigenvalue weighted by Gasteiger charge is -2.21. The van der Waals surface area contributed by atoms with E-state index in [2.05, 4.69) is 26.0 Å². The molecule has 1 N–H and O–H groups in total. The average molecular weight is 216 g/mol. The lowest BCUT2D eigenvalue weighted by Crippen LogP contribution is -2.06. The molecule has 2 heteroatoms. The van der Waals surface area contributed by atoms with Gasteiger partial charge >= 0.3 is 5.97 Å². The molecule has 1 aromatic rings. The van der Waals surface area contributed by atoms with E-state index < -0.39 is 5.97 Å². The van der Waals surface area contributed by atoms with Crippen LogP contribution in [0.3, 0.4) is 0 Å². The van der Waals surface area contributed by atoms with Crippen molar-refractivity contribution in [3.63, 3.8) is 0 Å². The Balaban J connectivity index is 2.58. The van der Waals surface area contributed by atoms with E-state index in [-0.39, 0.29) is 0 Å². The first-order chi connectivity index (χ1) is 7.58. The Morgan fingerprint density at radius 2 is 2.06 bits per heavy atom. The molecule has 2 nitrogen and oxygen atoms in total. The summed E-state index contributed by atoms with van der Waals surface area (Å²) in [5, 5.41) is 8.85. The Labute approximate surface area is 95.6 Å². The minimum absolute atomic E-state index is 0.845. The summed E-state index contributed by atoms with van der Waals surface area (Å²) in [7, 11) is 0. The number of aliphatic carboxylic acids is 1. The Bertz CT molecular complexity index is 470. The highest BCUT2D eigenvalue weighted by atomic mass is 16.4. The van der Waals surface area contributed by atoms with Crippen molar-refractivity contribution in [2.45, 2.75) is 33.1 Å². The Morgan fingerprint density at radius 3 is 2.75 bits per heavy atom. The molecule has 1 aromatic carbocycles. The van der Waals surface area contributed by atoms with E-state index in [0.29, 0.717) is 0 Å². The van der Waals surface area contributed by atoms with Crippen molar-refractivity contribution < 1.29 is 9.90 Å². The Morgan fingerprint density at radius 1 is 1.31 bits per heavy atom. The van der Waals surface area contributed by atoms with Crippen molar-refractivity contribution in [2.75, 3.05) is 0 Å². The molecule has 0 fully saturated rings. The number of hydrogen-bond donors (Lipinski definition) is 1. The fourth-order valence-electron chi connectivity index (χ4n) is 2.51. The van der Waals surface area contributed by atoms with E-state index in [1.54, 1.807) is 0 Å². The predicted octanol–water partition coefficient (Wildman–Crippen LogP) is 3.11. The van der Waals surface area contributed by atoms with Gasteiger partial charge in [0.2, 0.25) is 0 Å². The van der Waals surface area contributed by atoms with E-state index >= 15 is 0 Å². The molecule has 0 radical (unpaired) electrons. The molecule has 0 atom stereocenters. The van der Waals surface area contributed by atoms with Crippen LogP contribution < -0.4 is 0 Å². The number of carbonyl (C=O) groups is 1. The summed E-state index contributed by atoms with van der Waals surface area (Å²) < 4.78 is 0. The van der Waals surface area contributed by atoms with E-state index in [4.69, 9.17) is 5.11 Å². The number of benzene rings is 1. The molecule has 0 bridgehead atoms. The average Bonchev–Trinajstić information content (AvgIpc) is 2.18. The molecule has 0 amide bonds. The zero-order chi connectivity index (χ0) is 11.7. The van der Waals surface area contributed by atoms with Crippen LogP contribution in [0.15, 0.2) is 18.2 Å². The molecule has 0 aromatic heterocycles. The highest BCUT2D eigenvalue weighted by Gasteiger charge is 2.16. The normalized spacial score (nSPS) is 17.2. The summed E-state index contributed by atoms with van der Waals surface area (Å²) >= 11 is 0. The van der Waals surface area contributed by atoms with Crippen molar-refractivity contribution in [1.82, 2.24) is 0 Å². The van der Waals surface area contributed by atoms with Gasteiger partial charge in [0.15, 0.2) is 0 Å². The largest absolute Gasteiger partial charge is 0.478 e. The maximum absolute atomic E-state index is 10.8. The molecule has 0 aliphatic heterocycles. The fourth-order valence-corrected chi connectivity index (χ4v) is 2.51. The van der Waals surface area contributed by atoms with Gasteiger partial charge < -0.3 is 5.11 Å². The second-order valence-corrected chi connectivity index (χ2v) is 4.47. The van der Waals surface area contributed by atoms with Gasteiger partial charge in [-0.1, -0.05) is 17.7 Å². The van der Waals surface area contributed by atoms with Gasteiger partial charge in [-0.05, 0) is 55.4 Å². The molecule has 1 aliphatic carbocycles. The minimum Gasteiger partial charge on any atom is -0.478 e. The number of fused-ring (bicyclic) bond motifs is 1. The summed E-state index contributed by atoms with van der Waals surface area (Å²) in [5.41, 5.74) is 5.93. The molecule has 0 heterocycles. The standard InChI is InChI=1S/C14H16O2/c1-9-6-10(2)12-5-3-4-11(8-14(15)16)13(12)7-9/h6-8H,3-5H2,1-2H3,(H,15,16)/b11-8+. The van der Waals surface area contributed by atoms with Crippen molar-refractivity contribution in [1.29, 1.82) is 0 Å². The third kappa shape index (κ3) is 2.01. The molecule has 2 rings (SSSR count). The van der Waals surface area contributed by atoms with Gasteiger partial charge in [0.05, 0.1) is 0 Å². The number of aryl methyl sites for hydroxylation is 2. The summed E-state index contributed by atoms with van der Waals surface area (Å²) in [5.74, 6) is -0.845. The smallest absolute Gasteiger partial charge is 0.328 e. The lowest BCUT2D eigenvalue weighted by atomic mass is 9.84. The summed E-state index contributed by atoms with van der Waals surface area (Å²) in [4.78, 5) is 10.8. The van der Waals surface area contributed by atoms with Crippen LogP contribution in [0, 0.1) is 13.8 Å². The van der Waals surface area contributed by atoms with Crippen molar-refractivity contribution >= 4 is 11.5 Å². The van der Waals surface area contributed by atoms with Crippen LogP contribution in [0.1, 0.15) is 35.1 Å². The highest BCUT2D eigenvalue weighted by molar-refractivity contribution is 5.91. The molecular formula is C14H16O2. The van der Waals surface area contributed by atoms with E-state index in [9.17, 15) is 4.79 Å². The van der Waals surface area contributed by atoms with Gasteiger partial charge in [0.1, 0.15) is 0 Å². The summed E-state index contributed by atoms with van der Waals surface area (Å²) in [6.07, 6.45) is 4.35. The SMILES string of the molecule is Cc1cc(C)c2c(c1)/C(=C/C(=O)O)CCC2. The molecule has 0 saturated carbocycles. The maximum Gasteiger partial charge on any atom is 0.328 e. The first-order valence-electron chi connectivity index (χ1n) is 5.62. The van der Waals surface area contributed by atoms with Crippen LogP contribution in [0.5, 0.6) is 0 Å². The van der Waals surface area contributed by atoms with Gasteiger partial charge in [-0.15, -0.1) is 0 Å². The molecule has 84 valence electrons. The van der Waals surface area contributed by atoms with Crippen LogP contribution in [0.2, 0.25) is 0 Å². The van der Waals surface area contributed by atoms with E-state index in [1.165, 1.54) is 22.8 Å². The molecule has 16 heavy (non-hydrogen) atoms. The Hall–Kier alpha value is -1.57. The zero-order valence-electron chi connectivity index (χ0n) is 9.71.